The van der Waals surface area contributed by atoms with E-state index in [0.29, 0.717) is 35.3 Å². The molecule has 0 unspecified atom stereocenters. The first-order valence-corrected chi connectivity index (χ1v) is 8.82. The minimum atomic E-state index is -0.537. The molecule has 0 saturated carbocycles. The lowest BCUT2D eigenvalue weighted by molar-refractivity contribution is -0.128. The molecule has 2 aromatic rings. The van der Waals surface area contributed by atoms with Crippen LogP contribution in [0.2, 0.25) is 0 Å². The van der Waals surface area contributed by atoms with Crippen LogP contribution in [0.5, 0.6) is 17.2 Å². The molecule has 28 heavy (non-hydrogen) atoms. The number of hydrogen-bond acceptors (Lipinski definition) is 6. The van der Waals surface area contributed by atoms with Crippen molar-refractivity contribution in [2.75, 3.05) is 20.8 Å². The Bertz CT molecular complexity index is 837. The number of rotatable bonds is 8. The summed E-state index contributed by atoms with van der Waals surface area (Å²) < 4.78 is 20.9. The Morgan fingerprint density at radius 3 is 2.32 bits per heavy atom. The summed E-state index contributed by atoms with van der Waals surface area (Å²) in [5, 5.41) is 0. The molecule has 6 nitrogen and oxygen atoms in total. The normalized spacial score (nSPS) is 10.8. The highest BCUT2D eigenvalue weighted by Crippen LogP contribution is 2.29. The smallest absolute Gasteiger partial charge is 0.337 e. The summed E-state index contributed by atoms with van der Waals surface area (Å²) in [6, 6.07) is 11.5. The topological polar surface area (TPSA) is 71.1 Å². The van der Waals surface area contributed by atoms with Gasteiger partial charge in [-0.1, -0.05) is 19.9 Å². The number of carbonyl (C=O) groups excluding carboxylic acids is 2. The Kier molecular flexibility index (Phi) is 7.63. The maximum atomic E-state index is 12.0. The number of ether oxygens (including phenoxy) is 4. The van der Waals surface area contributed by atoms with Gasteiger partial charge in [-0.2, -0.15) is 0 Å². The van der Waals surface area contributed by atoms with E-state index in [2.05, 4.69) is 18.6 Å². The molecule has 0 heterocycles. The molecule has 0 fully saturated rings. The van der Waals surface area contributed by atoms with Gasteiger partial charge in [0.15, 0.2) is 11.5 Å². The zero-order chi connectivity index (χ0) is 20.5. The van der Waals surface area contributed by atoms with Crippen molar-refractivity contribution >= 4 is 18.0 Å². The molecule has 0 spiro atoms. The molecular formula is C22H24O6. The molecule has 0 bridgehead atoms. The van der Waals surface area contributed by atoms with Gasteiger partial charge in [0.05, 0.1) is 26.4 Å². The lowest BCUT2D eigenvalue weighted by atomic mass is 10.2. The Labute approximate surface area is 164 Å². The van der Waals surface area contributed by atoms with Crippen molar-refractivity contribution in [2.24, 2.45) is 5.92 Å². The summed E-state index contributed by atoms with van der Waals surface area (Å²) in [6.45, 7) is 4.73. The van der Waals surface area contributed by atoms with Gasteiger partial charge in [0.25, 0.3) is 0 Å². The summed E-state index contributed by atoms with van der Waals surface area (Å²) in [7, 11) is 2.87. The quantitative estimate of drug-likeness (QED) is 0.387. The van der Waals surface area contributed by atoms with Crippen molar-refractivity contribution < 1.29 is 28.5 Å². The van der Waals surface area contributed by atoms with E-state index in [1.165, 1.54) is 37.5 Å². The van der Waals surface area contributed by atoms with Crippen LogP contribution < -0.4 is 14.2 Å². The van der Waals surface area contributed by atoms with Gasteiger partial charge >= 0.3 is 11.9 Å². The Morgan fingerprint density at radius 2 is 1.71 bits per heavy atom. The average molecular weight is 384 g/mol. The van der Waals surface area contributed by atoms with Crippen LogP contribution in [0.3, 0.4) is 0 Å². The second kappa shape index (κ2) is 10.2. The predicted octanol–water partition coefficient (Wildman–Crippen LogP) is 4.14. The molecule has 0 aliphatic rings. The Hall–Kier alpha value is -3.28. The molecule has 148 valence electrons. The highest BCUT2D eigenvalue weighted by atomic mass is 16.5. The fraction of sp³-hybridized carbons (Fsp3) is 0.273. The summed E-state index contributed by atoms with van der Waals surface area (Å²) in [5.41, 5.74) is 1.15. The van der Waals surface area contributed by atoms with E-state index in [9.17, 15) is 9.59 Å². The number of carbonyl (C=O) groups is 2. The van der Waals surface area contributed by atoms with E-state index in [1.54, 1.807) is 25.3 Å². The van der Waals surface area contributed by atoms with E-state index in [-0.39, 0.29) is 0 Å². The highest BCUT2D eigenvalue weighted by molar-refractivity contribution is 5.90. The van der Waals surface area contributed by atoms with E-state index in [0.717, 1.165) is 5.56 Å². The van der Waals surface area contributed by atoms with Gasteiger partial charge in [-0.05, 0) is 54.0 Å². The molecule has 2 aromatic carbocycles. The monoisotopic (exact) mass is 384 g/mol. The molecule has 0 aliphatic carbocycles. The van der Waals surface area contributed by atoms with Crippen LogP contribution in [0.25, 0.3) is 6.08 Å². The van der Waals surface area contributed by atoms with Gasteiger partial charge < -0.3 is 18.9 Å². The van der Waals surface area contributed by atoms with Gasteiger partial charge in [-0.3, -0.25) is 0 Å². The highest BCUT2D eigenvalue weighted by Gasteiger charge is 2.08. The van der Waals surface area contributed by atoms with Gasteiger partial charge in [-0.25, -0.2) is 9.59 Å². The predicted molar refractivity (Wildman–Crippen MR) is 106 cm³/mol. The van der Waals surface area contributed by atoms with E-state index < -0.39 is 11.9 Å². The SMILES string of the molecule is COC(=O)c1ccc(OC(=O)/C=C/c2ccc(OCC(C)C)c(OC)c2)cc1. The second-order valence-corrected chi connectivity index (χ2v) is 6.39. The summed E-state index contributed by atoms with van der Waals surface area (Å²) in [4.78, 5) is 23.4. The third-order valence-corrected chi connectivity index (χ3v) is 3.67. The largest absolute Gasteiger partial charge is 0.493 e. The maximum Gasteiger partial charge on any atom is 0.337 e. The maximum absolute atomic E-state index is 12.0. The lowest BCUT2D eigenvalue weighted by Gasteiger charge is -2.12. The Balaban J connectivity index is 2.00. The van der Waals surface area contributed by atoms with Crippen LogP contribution >= 0.6 is 0 Å². The minimum Gasteiger partial charge on any atom is -0.493 e. The molecule has 0 aromatic heterocycles. The van der Waals surface area contributed by atoms with Gasteiger partial charge in [0.1, 0.15) is 5.75 Å². The molecule has 0 radical (unpaired) electrons. The number of benzene rings is 2. The number of esters is 2. The van der Waals surface area contributed by atoms with Crippen molar-refractivity contribution in [2.45, 2.75) is 13.8 Å². The van der Waals surface area contributed by atoms with Gasteiger partial charge in [-0.15, -0.1) is 0 Å². The van der Waals surface area contributed by atoms with Gasteiger partial charge in [0, 0.05) is 6.08 Å². The van der Waals surface area contributed by atoms with Crippen LogP contribution in [0.4, 0.5) is 0 Å². The molecule has 6 heteroatoms. The molecule has 0 N–H and O–H groups in total. The van der Waals surface area contributed by atoms with Crippen molar-refractivity contribution in [1.82, 2.24) is 0 Å². The van der Waals surface area contributed by atoms with E-state index >= 15 is 0 Å². The zero-order valence-electron chi connectivity index (χ0n) is 16.4. The molecule has 0 atom stereocenters. The fourth-order valence-electron chi connectivity index (χ4n) is 2.25. The third kappa shape index (κ3) is 6.16. The van der Waals surface area contributed by atoms with Crippen molar-refractivity contribution in [1.29, 1.82) is 0 Å². The standard InChI is InChI=1S/C22H24O6/c1-15(2)14-27-19-11-5-16(13-20(19)25-3)6-12-21(23)28-18-9-7-17(8-10-18)22(24)26-4/h5-13,15H,14H2,1-4H3/b12-6+. The van der Waals surface area contributed by atoms with Crippen LogP contribution in [-0.4, -0.2) is 32.8 Å². The van der Waals surface area contributed by atoms with E-state index in [1.807, 2.05) is 6.07 Å². The van der Waals surface area contributed by atoms with Gasteiger partial charge in [0.2, 0.25) is 0 Å². The first-order chi connectivity index (χ1) is 13.4. The van der Waals surface area contributed by atoms with Crippen molar-refractivity contribution in [3.05, 3.63) is 59.7 Å². The molecule has 0 saturated heterocycles. The first kappa shape index (κ1) is 21.0. The summed E-state index contributed by atoms with van der Waals surface area (Å²) >= 11 is 0. The number of methoxy groups -OCH3 is 2. The lowest BCUT2D eigenvalue weighted by Crippen LogP contribution is -2.06. The zero-order valence-corrected chi connectivity index (χ0v) is 16.4. The van der Waals surface area contributed by atoms with E-state index in [4.69, 9.17) is 14.2 Å². The molecule has 0 amide bonds. The van der Waals surface area contributed by atoms with Crippen LogP contribution in [0.15, 0.2) is 48.5 Å². The molecule has 2 rings (SSSR count). The molecule has 0 aliphatic heterocycles. The van der Waals surface area contributed by atoms with Crippen LogP contribution in [-0.2, 0) is 9.53 Å². The third-order valence-electron chi connectivity index (χ3n) is 3.67. The fourth-order valence-corrected chi connectivity index (χ4v) is 2.25. The average Bonchev–Trinajstić information content (AvgIpc) is 2.70. The number of hydrogen-bond donors (Lipinski definition) is 0. The summed E-state index contributed by atoms with van der Waals surface area (Å²) in [5.74, 6) is 0.992. The first-order valence-electron chi connectivity index (χ1n) is 8.82. The van der Waals surface area contributed by atoms with Crippen LogP contribution in [0, 0.1) is 5.92 Å². The van der Waals surface area contributed by atoms with Crippen LogP contribution in [0.1, 0.15) is 29.8 Å². The van der Waals surface area contributed by atoms with Crippen molar-refractivity contribution in [3.8, 4) is 17.2 Å². The summed E-state index contributed by atoms with van der Waals surface area (Å²) in [6.07, 6.45) is 2.94. The van der Waals surface area contributed by atoms with Crippen molar-refractivity contribution in [3.63, 3.8) is 0 Å². The second-order valence-electron chi connectivity index (χ2n) is 6.39. The minimum absolute atomic E-state index is 0.331. The Morgan fingerprint density at radius 1 is 1.00 bits per heavy atom. The molecular weight excluding hydrogens is 360 g/mol.